The number of benzene rings is 3. The standard InChI is InChI=1S/C35H43FN2O4/c1-3-41-32-21-19-27(24-33(32)42-4-2)20-22-34(39)38(25-28-15-11-12-18-30(28)36)31(23-26-13-7-5-8-14-26)35(40)37-29-16-9-6-10-17-29/h5,7-8,11-15,18-19,21,24,29,31H,3-4,6,9-10,16-17,20,22-23,25H2,1-2H3,(H,37,40)/t31-/m0/s1. The van der Waals surface area contributed by atoms with Gasteiger partial charge in [-0.1, -0.05) is 73.9 Å². The van der Waals surface area contributed by atoms with Crippen LogP contribution in [0.1, 0.15) is 69.1 Å². The highest BCUT2D eigenvalue weighted by atomic mass is 19.1. The van der Waals surface area contributed by atoms with Crippen molar-refractivity contribution < 1.29 is 23.5 Å². The van der Waals surface area contributed by atoms with E-state index in [1.54, 1.807) is 23.1 Å². The fraction of sp³-hybridized carbons (Fsp3) is 0.429. The van der Waals surface area contributed by atoms with Crippen LogP contribution in [0.5, 0.6) is 11.5 Å². The van der Waals surface area contributed by atoms with Gasteiger partial charge in [-0.25, -0.2) is 4.39 Å². The van der Waals surface area contributed by atoms with Gasteiger partial charge in [0.1, 0.15) is 11.9 Å². The lowest BCUT2D eigenvalue weighted by molar-refractivity contribution is -0.141. The van der Waals surface area contributed by atoms with Gasteiger partial charge in [-0.15, -0.1) is 0 Å². The number of nitrogens with one attached hydrogen (secondary N) is 1. The highest BCUT2D eigenvalue weighted by molar-refractivity contribution is 5.88. The summed E-state index contributed by atoms with van der Waals surface area (Å²) in [5, 5.41) is 3.23. The third kappa shape index (κ3) is 8.81. The van der Waals surface area contributed by atoms with E-state index in [9.17, 15) is 14.0 Å². The number of aryl methyl sites for hydroxylation is 1. The molecule has 0 heterocycles. The molecule has 1 atom stereocenters. The highest BCUT2D eigenvalue weighted by Crippen LogP contribution is 2.29. The van der Waals surface area contributed by atoms with Crippen LogP contribution >= 0.6 is 0 Å². The Morgan fingerprint density at radius 2 is 1.57 bits per heavy atom. The van der Waals surface area contributed by atoms with Crippen LogP contribution < -0.4 is 14.8 Å². The molecule has 3 aromatic rings. The molecule has 0 radical (unpaired) electrons. The summed E-state index contributed by atoms with van der Waals surface area (Å²) < 4.78 is 26.3. The van der Waals surface area contributed by atoms with Gasteiger partial charge in [0.25, 0.3) is 0 Å². The molecule has 1 fully saturated rings. The third-order valence-corrected chi connectivity index (χ3v) is 7.76. The van der Waals surface area contributed by atoms with Crippen molar-refractivity contribution in [1.29, 1.82) is 0 Å². The Hall–Kier alpha value is -3.87. The lowest BCUT2D eigenvalue weighted by atomic mass is 9.94. The van der Waals surface area contributed by atoms with Gasteiger partial charge in [0, 0.05) is 31.0 Å². The number of nitrogens with zero attached hydrogens (tertiary/aromatic N) is 1. The van der Waals surface area contributed by atoms with Crippen molar-refractivity contribution >= 4 is 11.8 Å². The normalized spacial score (nSPS) is 14.2. The van der Waals surface area contributed by atoms with Crippen molar-refractivity contribution in [3.05, 3.63) is 95.3 Å². The smallest absolute Gasteiger partial charge is 0.243 e. The average molecular weight is 575 g/mol. The second-order valence-corrected chi connectivity index (χ2v) is 10.8. The zero-order chi connectivity index (χ0) is 29.7. The molecule has 1 aliphatic carbocycles. The van der Waals surface area contributed by atoms with Crippen LogP contribution in [0.15, 0.2) is 72.8 Å². The molecule has 0 unspecified atom stereocenters. The Morgan fingerprint density at radius 3 is 2.29 bits per heavy atom. The Morgan fingerprint density at radius 1 is 0.881 bits per heavy atom. The predicted molar refractivity (Wildman–Crippen MR) is 163 cm³/mol. The van der Waals surface area contributed by atoms with E-state index in [-0.39, 0.29) is 30.8 Å². The molecule has 1 aliphatic rings. The maximum absolute atomic E-state index is 14.9. The molecular weight excluding hydrogens is 531 g/mol. The van der Waals surface area contributed by atoms with Gasteiger partial charge in [0.2, 0.25) is 11.8 Å². The van der Waals surface area contributed by atoms with E-state index in [1.807, 2.05) is 62.4 Å². The summed E-state index contributed by atoms with van der Waals surface area (Å²) in [5.41, 5.74) is 2.25. The molecule has 42 heavy (non-hydrogen) atoms. The SMILES string of the molecule is CCOc1ccc(CCC(=O)N(Cc2ccccc2F)[C@@H](Cc2ccccc2)C(=O)NC2CCCCC2)cc1OCC. The van der Waals surface area contributed by atoms with Crippen molar-refractivity contribution in [2.45, 2.75) is 83.8 Å². The molecule has 3 aromatic carbocycles. The quantitative estimate of drug-likeness (QED) is 0.234. The molecule has 0 aliphatic heterocycles. The first-order chi connectivity index (χ1) is 20.5. The summed E-state index contributed by atoms with van der Waals surface area (Å²) in [6.07, 6.45) is 6.16. The Bertz CT molecular complexity index is 1290. The van der Waals surface area contributed by atoms with Crippen LogP contribution in [-0.2, 0) is 29.0 Å². The second-order valence-electron chi connectivity index (χ2n) is 10.8. The van der Waals surface area contributed by atoms with Crippen molar-refractivity contribution in [3.63, 3.8) is 0 Å². The fourth-order valence-corrected chi connectivity index (χ4v) is 5.55. The van der Waals surface area contributed by atoms with Crippen molar-refractivity contribution in [2.75, 3.05) is 13.2 Å². The van der Waals surface area contributed by atoms with Gasteiger partial charge in [-0.05, 0) is 62.4 Å². The minimum atomic E-state index is -0.777. The van der Waals surface area contributed by atoms with Gasteiger partial charge in [-0.3, -0.25) is 9.59 Å². The first-order valence-electron chi connectivity index (χ1n) is 15.2. The molecule has 7 heteroatoms. The first-order valence-corrected chi connectivity index (χ1v) is 15.2. The van der Waals surface area contributed by atoms with Crippen LogP contribution in [-0.4, -0.2) is 42.0 Å². The molecule has 224 valence electrons. The Balaban J connectivity index is 1.61. The minimum Gasteiger partial charge on any atom is -0.490 e. The van der Waals surface area contributed by atoms with Crippen LogP contribution in [0.25, 0.3) is 0 Å². The number of hydrogen-bond donors (Lipinski definition) is 1. The number of rotatable bonds is 14. The number of ether oxygens (including phenoxy) is 2. The number of halogens is 1. The van der Waals surface area contributed by atoms with Gasteiger partial charge in [0.15, 0.2) is 11.5 Å². The van der Waals surface area contributed by atoms with E-state index in [2.05, 4.69) is 5.32 Å². The van der Waals surface area contributed by atoms with E-state index in [0.717, 1.165) is 36.8 Å². The third-order valence-electron chi connectivity index (χ3n) is 7.76. The maximum Gasteiger partial charge on any atom is 0.243 e. The Labute approximate surface area is 249 Å². The monoisotopic (exact) mass is 574 g/mol. The van der Waals surface area contributed by atoms with Crippen molar-refractivity contribution in [2.24, 2.45) is 0 Å². The fourth-order valence-electron chi connectivity index (χ4n) is 5.55. The molecule has 0 bridgehead atoms. The molecule has 4 rings (SSSR count). The van der Waals surface area contributed by atoms with Gasteiger partial charge in [-0.2, -0.15) is 0 Å². The Kier molecular flexibility index (Phi) is 11.8. The molecule has 1 saturated carbocycles. The van der Waals surface area contributed by atoms with Gasteiger partial charge < -0.3 is 19.7 Å². The molecular formula is C35H43FN2O4. The topological polar surface area (TPSA) is 67.9 Å². The zero-order valence-electron chi connectivity index (χ0n) is 24.8. The molecule has 0 aromatic heterocycles. The largest absolute Gasteiger partial charge is 0.490 e. The summed E-state index contributed by atoms with van der Waals surface area (Å²) in [7, 11) is 0. The van der Waals surface area contributed by atoms with Crippen molar-refractivity contribution in [3.8, 4) is 11.5 Å². The predicted octanol–water partition coefficient (Wildman–Crippen LogP) is 6.64. The molecule has 6 nitrogen and oxygen atoms in total. The number of carbonyl (C=O) groups is 2. The molecule has 0 saturated heterocycles. The molecule has 0 spiro atoms. The zero-order valence-corrected chi connectivity index (χ0v) is 24.8. The molecule has 2 amide bonds. The number of hydrogen-bond acceptors (Lipinski definition) is 4. The summed E-state index contributed by atoms with van der Waals surface area (Å²) in [5.74, 6) is 0.522. The first kappa shape index (κ1) is 31.1. The lowest BCUT2D eigenvalue weighted by Crippen LogP contribution is -2.53. The summed E-state index contributed by atoms with van der Waals surface area (Å²) in [6.45, 7) is 4.86. The van der Waals surface area contributed by atoms with E-state index >= 15 is 0 Å². The highest BCUT2D eigenvalue weighted by Gasteiger charge is 2.32. The van der Waals surface area contributed by atoms with Crippen molar-refractivity contribution in [1.82, 2.24) is 10.2 Å². The molecule has 1 N–H and O–H groups in total. The van der Waals surface area contributed by atoms with Crippen LogP contribution in [0, 0.1) is 5.82 Å². The van der Waals surface area contributed by atoms with Crippen LogP contribution in [0.3, 0.4) is 0 Å². The summed E-state index contributed by atoms with van der Waals surface area (Å²) in [4.78, 5) is 29.5. The average Bonchev–Trinajstić information content (AvgIpc) is 3.01. The second kappa shape index (κ2) is 15.9. The number of amides is 2. The summed E-state index contributed by atoms with van der Waals surface area (Å²) >= 11 is 0. The van der Waals surface area contributed by atoms with Crippen LogP contribution in [0.2, 0.25) is 0 Å². The minimum absolute atomic E-state index is 0.00850. The van der Waals surface area contributed by atoms with Gasteiger partial charge in [0.05, 0.1) is 13.2 Å². The van der Waals surface area contributed by atoms with E-state index in [0.29, 0.717) is 43.1 Å². The van der Waals surface area contributed by atoms with E-state index in [1.165, 1.54) is 12.5 Å². The van der Waals surface area contributed by atoms with Crippen LogP contribution in [0.4, 0.5) is 4.39 Å². The lowest BCUT2D eigenvalue weighted by Gasteiger charge is -2.33. The summed E-state index contributed by atoms with van der Waals surface area (Å²) in [6, 6.07) is 21.2. The van der Waals surface area contributed by atoms with E-state index < -0.39 is 11.9 Å². The van der Waals surface area contributed by atoms with Gasteiger partial charge >= 0.3 is 0 Å². The number of carbonyl (C=O) groups excluding carboxylic acids is 2. The van der Waals surface area contributed by atoms with E-state index in [4.69, 9.17) is 9.47 Å². The maximum atomic E-state index is 14.9.